The van der Waals surface area contributed by atoms with Crippen LogP contribution in [-0.4, -0.2) is 70.5 Å². The molecule has 3 atom stereocenters. The molecule has 0 fully saturated rings. The number of nitrogens with zero attached hydrogens (tertiary/aromatic N) is 1. The molecule has 0 unspecified atom stereocenters. The number of hydrogen-bond acceptors (Lipinski definition) is 6. The van der Waals surface area contributed by atoms with Gasteiger partial charge in [-0.3, -0.25) is 14.6 Å². The molecule has 0 aliphatic rings. The number of para-hydroxylation sites is 1. The number of aromatic amines is 1. The van der Waals surface area contributed by atoms with Crippen LogP contribution in [0, 0.1) is 0 Å². The fourth-order valence-electron chi connectivity index (χ4n) is 3.45. The maximum Gasteiger partial charge on any atom is 0.326 e. The lowest BCUT2D eigenvalue weighted by Crippen LogP contribution is -2.55. The van der Waals surface area contributed by atoms with Crippen molar-refractivity contribution in [2.24, 2.45) is 22.2 Å². The summed E-state index contributed by atoms with van der Waals surface area (Å²) in [6.07, 6.45) is 4.82. The van der Waals surface area contributed by atoms with Gasteiger partial charge in [-0.1, -0.05) is 18.2 Å². The molecule has 34 heavy (non-hydrogen) atoms. The third-order valence-electron chi connectivity index (χ3n) is 5.26. The van der Waals surface area contributed by atoms with Crippen LogP contribution in [0.5, 0.6) is 0 Å². The Morgan fingerprint density at radius 2 is 1.82 bits per heavy atom. The Labute approximate surface area is 202 Å². The van der Waals surface area contributed by atoms with E-state index in [1.807, 2.05) is 36.7 Å². The van der Waals surface area contributed by atoms with Crippen molar-refractivity contribution in [3.05, 3.63) is 36.0 Å². The smallest absolute Gasteiger partial charge is 0.326 e. The van der Waals surface area contributed by atoms with Crippen molar-refractivity contribution in [3.8, 4) is 0 Å². The molecule has 0 saturated heterocycles. The predicted molar refractivity (Wildman–Crippen MR) is 134 cm³/mol. The van der Waals surface area contributed by atoms with E-state index >= 15 is 0 Å². The van der Waals surface area contributed by atoms with Crippen LogP contribution in [0.25, 0.3) is 10.9 Å². The molecule has 10 N–H and O–H groups in total. The summed E-state index contributed by atoms with van der Waals surface area (Å²) in [5.41, 5.74) is 18.5. The summed E-state index contributed by atoms with van der Waals surface area (Å²) >= 11 is 1.51. The number of carbonyl (C=O) groups is 3. The number of H-pyrrole nitrogens is 1. The molecule has 186 valence electrons. The third-order valence-corrected chi connectivity index (χ3v) is 5.90. The quantitative estimate of drug-likeness (QED) is 0.108. The summed E-state index contributed by atoms with van der Waals surface area (Å²) in [6.45, 7) is 0.247. The summed E-state index contributed by atoms with van der Waals surface area (Å²) in [7, 11) is 0. The third kappa shape index (κ3) is 8.27. The van der Waals surface area contributed by atoms with Gasteiger partial charge in [0.2, 0.25) is 11.8 Å². The van der Waals surface area contributed by atoms with Gasteiger partial charge in [-0.05, 0) is 49.3 Å². The maximum absolute atomic E-state index is 12.8. The normalized spacial score (nSPS) is 13.6. The Bertz CT molecular complexity index is 1010. The van der Waals surface area contributed by atoms with E-state index in [1.54, 1.807) is 0 Å². The van der Waals surface area contributed by atoms with Crippen molar-refractivity contribution in [1.82, 2.24) is 15.6 Å². The highest BCUT2D eigenvalue weighted by Crippen LogP contribution is 2.18. The van der Waals surface area contributed by atoms with Gasteiger partial charge in [0.1, 0.15) is 12.1 Å². The fraction of sp³-hybridized carbons (Fsp3) is 0.455. The summed E-state index contributed by atoms with van der Waals surface area (Å²) in [5, 5.41) is 15.7. The lowest BCUT2D eigenvalue weighted by Gasteiger charge is -2.22. The second kappa shape index (κ2) is 13.5. The number of aromatic nitrogens is 1. The zero-order valence-corrected chi connectivity index (χ0v) is 19.9. The summed E-state index contributed by atoms with van der Waals surface area (Å²) in [6, 6.07) is 4.78. The number of amides is 2. The number of nitrogens with two attached hydrogens (primary N) is 3. The monoisotopic (exact) mass is 491 g/mol. The summed E-state index contributed by atoms with van der Waals surface area (Å²) in [5.74, 6) is -1.72. The van der Waals surface area contributed by atoms with Crippen LogP contribution in [0.4, 0.5) is 0 Å². The largest absolute Gasteiger partial charge is 0.480 e. The first-order chi connectivity index (χ1) is 16.2. The molecule has 11 nitrogen and oxygen atoms in total. The average Bonchev–Trinajstić information content (AvgIpc) is 3.20. The fourth-order valence-corrected chi connectivity index (χ4v) is 3.92. The Morgan fingerprint density at radius 3 is 2.50 bits per heavy atom. The van der Waals surface area contributed by atoms with Crippen LogP contribution in [0.1, 0.15) is 24.8 Å². The summed E-state index contributed by atoms with van der Waals surface area (Å²) < 4.78 is 0. The first-order valence-electron chi connectivity index (χ1n) is 10.9. The Hall–Kier alpha value is -3.25. The van der Waals surface area contributed by atoms with Gasteiger partial charge in [0.25, 0.3) is 0 Å². The minimum absolute atomic E-state index is 0.0836. The average molecular weight is 492 g/mol. The zero-order valence-electron chi connectivity index (χ0n) is 19.1. The van der Waals surface area contributed by atoms with Crippen molar-refractivity contribution in [2.75, 3.05) is 18.6 Å². The van der Waals surface area contributed by atoms with Crippen molar-refractivity contribution in [2.45, 2.75) is 43.8 Å². The Kier molecular flexibility index (Phi) is 10.7. The van der Waals surface area contributed by atoms with E-state index in [-0.39, 0.29) is 25.3 Å². The predicted octanol–water partition coefficient (Wildman–Crippen LogP) is -0.101. The van der Waals surface area contributed by atoms with Crippen LogP contribution < -0.4 is 27.8 Å². The summed E-state index contributed by atoms with van der Waals surface area (Å²) in [4.78, 5) is 44.2. The molecule has 0 bridgehead atoms. The van der Waals surface area contributed by atoms with E-state index in [0.717, 1.165) is 16.5 Å². The Morgan fingerprint density at radius 1 is 1.12 bits per heavy atom. The van der Waals surface area contributed by atoms with Crippen LogP contribution in [0.3, 0.4) is 0 Å². The van der Waals surface area contributed by atoms with Gasteiger partial charge in [-0.15, -0.1) is 0 Å². The van der Waals surface area contributed by atoms with Crippen LogP contribution >= 0.6 is 11.8 Å². The van der Waals surface area contributed by atoms with Crippen LogP contribution in [0.2, 0.25) is 0 Å². The lowest BCUT2D eigenvalue weighted by molar-refractivity contribution is -0.142. The van der Waals surface area contributed by atoms with Crippen molar-refractivity contribution < 1.29 is 19.5 Å². The lowest BCUT2D eigenvalue weighted by atomic mass is 10.0. The molecule has 0 saturated carbocycles. The van der Waals surface area contributed by atoms with Gasteiger partial charge >= 0.3 is 5.97 Å². The minimum Gasteiger partial charge on any atom is -0.480 e. The van der Waals surface area contributed by atoms with E-state index in [2.05, 4.69) is 20.6 Å². The molecule has 0 spiro atoms. The number of thioether (sulfide) groups is 1. The van der Waals surface area contributed by atoms with Gasteiger partial charge in [0, 0.05) is 23.6 Å². The van der Waals surface area contributed by atoms with Gasteiger partial charge in [0.15, 0.2) is 5.96 Å². The molecule has 2 aromatic rings. The second-order valence-corrected chi connectivity index (χ2v) is 8.85. The molecule has 0 aliphatic heterocycles. The molecule has 2 amide bonds. The molecule has 0 aliphatic carbocycles. The Balaban J connectivity index is 2.00. The topological polar surface area (TPSA) is 202 Å². The van der Waals surface area contributed by atoms with Crippen molar-refractivity contribution >= 4 is 46.4 Å². The number of fused-ring (bicyclic) bond motifs is 1. The van der Waals surface area contributed by atoms with Crippen LogP contribution in [0.15, 0.2) is 35.5 Å². The maximum atomic E-state index is 12.8. The first-order valence-corrected chi connectivity index (χ1v) is 12.3. The standard InChI is InChI=1S/C22H33N7O4S/c1-34-10-8-17(20(31)29-18(21(32)33)7-4-9-26-22(24)25)28-19(30)15(23)11-13-12-27-16-6-3-2-5-14(13)16/h2-3,5-6,12,15,17-18,27H,4,7-11,23H2,1H3,(H,28,30)(H,29,31)(H,32,33)(H4,24,25,26)/t15-,17-,18-/m0/s1. The number of hydrogen-bond donors (Lipinski definition) is 7. The van der Waals surface area contributed by atoms with Crippen molar-refractivity contribution in [1.29, 1.82) is 0 Å². The van der Waals surface area contributed by atoms with Gasteiger partial charge < -0.3 is 37.9 Å². The SMILES string of the molecule is CSCC[C@H](NC(=O)[C@@H](N)Cc1c[nH]c2ccccc12)C(=O)N[C@@H](CCCN=C(N)N)C(=O)O. The molecule has 1 heterocycles. The number of benzene rings is 1. The highest BCUT2D eigenvalue weighted by atomic mass is 32.2. The number of guanidine groups is 1. The molecule has 0 radical (unpaired) electrons. The number of rotatable bonds is 14. The van der Waals surface area contributed by atoms with Crippen LogP contribution in [-0.2, 0) is 20.8 Å². The zero-order chi connectivity index (χ0) is 25.1. The molecular weight excluding hydrogens is 458 g/mol. The molecule has 12 heteroatoms. The van der Waals surface area contributed by atoms with E-state index < -0.39 is 35.9 Å². The highest BCUT2D eigenvalue weighted by Gasteiger charge is 2.28. The molecule has 1 aromatic heterocycles. The van der Waals surface area contributed by atoms with E-state index in [0.29, 0.717) is 18.6 Å². The molecule has 2 rings (SSSR count). The minimum atomic E-state index is -1.18. The van der Waals surface area contributed by atoms with Gasteiger partial charge in [-0.25, -0.2) is 4.79 Å². The van der Waals surface area contributed by atoms with E-state index in [1.165, 1.54) is 11.8 Å². The number of nitrogens with one attached hydrogen (secondary N) is 3. The van der Waals surface area contributed by atoms with E-state index in [9.17, 15) is 19.5 Å². The number of carboxylic acid groups (broad SMARTS) is 1. The highest BCUT2D eigenvalue weighted by molar-refractivity contribution is 7.98. The van der Waals surface area contributed by atoms with Gasteiger partial charge in [0.05, 0.1) is 6.04 Å². The second-order valence-electron chi connectivity index (χ2n) is 7.86. The molecular formula is C22H33N7O4S. The number of carboxylic acids is 1. The van der Waals surface area contributed by atoms with Crippen molar-refractivity contribution in [3.63, 3.8) is 0 Å². The van der Waals surface area contributed by atoms with Gasteiger partial charge in [-0.2, -0.15) is 11.8 Å². The first kappa shape index (κ1) is 27.0. The number of carbonyl (C=O) groups excluding carboxylic acids is 2. The number of aliphatic imine (C=N–C) groups is 1. The number of aliphatic carboxylic acids is 1. The molecule has 1 aromatic carbocycles. The van der Waals surface area contributed by atoms with E-state index in [4.69, 9.17) is 17.2 Å².